The maximum absolute atomic E-state index is 12.3. The molecule has 0 N–H and O–H groups in total. The summed E-state index contributed by atoms with van der Waals surface area (Å²) in [6.07, 6.45) is 6.55. The molecule has 4 rings (SSSR count). The van der Waals surface area contributed by atoms with Crippen LogP contribution < -0.4 is 5.63 Å². The molecule has 0 saturated carbocycles. The second kappa shape index (κ2) is 6.55. The second-order valence-electron chi connectivity index (χ2n) is 6.34. The number of carbonyl (C=O) groups excluding carboxylic acids is 1. The Morgan fingerprint density at radius 2 is 2.04 bits per heavy atom. The Balaban J connectivity index is 1.71. The molecule has 1 aliphatic carbocycles. The van der Waals surface area contributed by atoms with Crippen LogP contribution in [0.25, 0.3) is 21.7 Å². The standard InChI is InChI=1S/C21H18O4/c22-19-12-16(13-24-21(23)15-7-2-1-3-8-15)20-17-9-5-4-6-14(17)10-11-18(20)25-19/h1-2,4-6,9-12,15H,3,7-8,13H2/t15-/m1/s1. The summed E-state index contributed by atoms with van der Waals surface area (Å²) in [6.45, 7) is 0.0785. The van der Waals surface area contributed by atoms with E-state index in [0.29, 0.717) is 11.1 Å². The SMILES string of the molecule is O=C(OCc1cc(=O)oc2ccc3ccccc3c12)[C@@H]1CC=CCC1. The minimum Gasteiger partial charge on any atom is -0.461 e. The van der Waals surface area contributed by atoms with Gasteiger partial charge in [-0.15, -0.1) is 0 Å². The van der Waals surface area contributed by atoms with E-state index in [1.165, 1.54) is 6.07 Å². The molecule has 3 aromatic rings. The zero-order valence-corrected chi connectivity index (χ0v) is 13.7. The van der Waals surface area contributed by atoms with Gasteiger partial charge in [0.15, 0.2) is 0 Å². The Labute approximate surface area is 144 Å². The molecule has 1 aromatic heterocycles. The van der Waals surface area contributed by atoms with Crippen LogP contribution in [0, 0.1) is 5.92 Å². The van der Waals surface area contributed by atoms with Crippen molar-refractivity contribution in [2.45, 2.75) is 25.9 Å². The third-order valence-corrected chi connectivity index (χ3v) is 4.69. The smallest absolute Gasteiger partial charge is 0.336 e. The van der Waals surface area contributed by atoms with Gasteiger partial charge < -0.3 is 9.15 Å². The van der Waals surface area contributed by atoms with Crippen LogP contribution in [0.3, 0.4) is 0 Å². The summed E-state index contributed by atoms with van der Waals surface area (Å²) in [5.41, 5.74) is 0.759. The topological polar surface area (TPSA) is 56.5 Å². The van der Waals surface area contributed by atoms with Gasteiger partial charge >= 0.3 is 11.6 Å². The first-order valence-corrected chi connectivity index (χ1v) is 8.48. The van der Waals surface area contributed by atoms with Crippen molar-refractivity contribution < 1.29 is 13.9 Å². The summed E-state index contributed by atoms with van der Waals surface area (Å²) in [5.74, 6) is -0.292. The molecule has 0 bridgehead atoms. The quantitative estimate of drug-likeness (QED) is 0.309. The predicted molar refractivity (Wildman–Crippen MR) is 96.3 cm³/mol. The molecular formula is C21H18O4. The Kier molecular flexibility index (Phi) is 4.10. The molecule has 4 nitrogen and oxygen atoms in total. The van der Waals surface area contributed by atoms with Crippen LogP contribution >= 0.6 is 0 Å². The predicted octanol–water partition coefficient (Wildman–Crippen LogP) is 4.35. The average Bonchev–Trinajstić information content (AvgIpc) is 2.66. The zero-order chi connectivity index (χ0) is 17.2. The van der Waals surface area contributed by atoms with E-state index >= 15 is 0 Å². The summed E-state index contributed by atoms with van der Waals surface area (Å²) >= 11 is 0. The lowest BCUT2D eigenvalue weighted by Crippen LogP contribution is -2.19. The van der Waals surface area contributed by atoms with Crippen LogP contribution in [-0.4, -0.2) is 5.97 Å². The van der Waals surface area contributed by atoms with Crippen molar-refractivity contribution >= 4 is 27.7 Å². The van der Waals surface area contributed by atoms with Crippen molar-refractivity contribution in [3.05, 3.63) is 70.6 Å². The molecular weight excluding hydrogens is 316 g/mol. The largest absolute Gasteiger partial charge is 0.461 e. The Morgan fingerprint density at radius 3 is 2.88 bits per heavy atom. The van der Waals surface area contributed by atoms with Crippen molar-refractivity contribution in [3.8, 4) is 0 Å². The Hall–Kier alpha value is -2.88. The summed E-state index contributed by atoms with van der Waals surface area (Å²) in [6, 6.07) is 13.0. The molecule has 2 aromatic carbocycles. The molecule has 0 unspecified atom stereocenters. The van der Waals surface area contributed by atoms with Gasteiger partial charge in [-0.05, 0) is 36.1 Å². The minimum atomic E-state index is -0.436. The molecule has 1 heterocycles. The molecule has 1 atom stereocenters. The van der Waals surface area contributed by atoms with Crippen LogP contribution in [0.4, 0.5) is 0 Å². The Morgan fingerprint density at radius 1 is 1.16 bits per heavy atom. The van der Waals surface area contributed by atoms with Crippen molar-refractivity contribution in [1.29, 1.82) is 0 Å². The van der Waals surface area contributed by atoms with Crippen LogP contribution in [0.2, 0.25) is 0 Å². The Bertz CT molecular complexity index is 1030. The third-order valence-electron chi connectivity index (χ3n) is 4.69. The first-order chi connectivity index (χ1) is 12.2. The fourth-order valence-corrected chi connectivity index (χ4v) is 3.41. The molecule has 25 heavy (non-hydrogen) atoms. The highest BCUT2D eigenvalue weighted by molar-refractivity contribution is 6.07. The molecule has 126 valence electrons. The van der Waals surface area contributed by atoms with Crippen molar-refractivity contribution in [3.63, 3.8) is 0 Å². The van der Waals surface area contributed by atoms with Crippen molar-refractivity contribution in [2.75, 3.05) is 0 Å². The van der Waals surface area contributed by atoms with E-state index in [4.69, 9.17) is 9.15 Å². The third kappa shape index (κ3) is 3.07. The molecule has 0 radical (unpaired) electrons. The highest BCUT2D eigenvalue weighted by Gasteiger charge is 2.21. The van der Waals surface area contributed by atoms with Gasteiger partial charge in [0.25, 0.3) is 0 Å². The number of allylic oxidation sites excluding steroid dienone is 2. The lowest BCUT2D eigenvalue weighted by atomic mass is 9.95. The number of fused-ring (bicyclic) bond motifs is 3. The molecule has 0 amide bonds. The summed E-state index contributed by atoms with van der Waals surface area (Å²) < 4.78 is 10.9. The van der Waals surface area contributed by atoms with E-state index in [0.717, 1.165) is 35.4 Å². The number of ether oxygens (including phenoxy) is 1. The van der Waals surface area contributed by atoms with Crippen LogP contribution in [0.1, 0.15) is 24.8 Å². The van der Waals surface area contributed by atoms with E-state index in [-0.39, 0.29) is 18.5 Å². The average molecular weight is 334 g/mol. The molecule has 1 aliphatic rings. The molecule has 4 heteroatoms. The first-order valence-electron chi connectivity index (χ1n) is 8.48. The van der Waals surface area contributed by atoms with Crippen molar-refractivity contribution in [2.24, 2.45) is 5.92 Å². The monoisotopic (exact) mass is 334 g/mol. The van der Waals surface area contributed by atoms with Crippen molar-refractivity contribution in [1.82, 2.24) is 0 Å². The number of benzene rings is 2. The van der Waals surface area contributed by atoms with E-state index < -0.39 is 5.63 Å². The van der Waals surface area contributed by atoms with E-state index in [1.54, 1.807) is 6.07 Å². The highest BCUT2D eigenvalue weighted by Crippen LogP contribution is 2.28. The van der Waals surface area contributed by atoms with E-state index in [1.807, 2.05) is 36.4 Å². The number of hydrogen-bond acceptors (Lipinski definition) is 4. The van der Waals surface area contributed by atoms with E-state index in [9.17, 15) is 9.59 Å². The van der Waals surface area contributed by atoms with Gasteiger partial charge in [0.1, 0.15) is 12.2 Å². The van der Waals surface area contributed by atoms with E-state index in [2.05, 4.69) is 6.08 Å². The number of rotatable bonds is 3. The molecule has 0 spiro atoms. The van der Waals surface area contributed by atoms with Crippen LogP contribution in [0.5, 0.6) is 0 Å². The lowest BCUT2D eigenvalue weighted by molar-refractivity contribution is -0.150. The second-order valence-corrected chi connectivity index (χ2v) is 6.34. The molecule has 0 fully saturated rings. The summed E-state index contributed by atoms with van der Waals surface area (Å²) in [5, 5.41) is 2.86. The van der Waals surface area contributed by atoms with Gasteiger partial charge in [-0.1, -0.05) is 42.5 Å². The fourth-order valence-electron chi connectivity index (χ4n) is 3.41. The maximum Gasteiger partial charge on any atom is 0.336 e. The number of esters is 1. The maximum atomic E-state index is 12.3. The number of carbonyl (C=O) groups is 1. The molecule has 0 aliphatic heterocycles. The van der Waals surface area contributed by atoms with Gasteiger partial charge in [-0.2, -0.15) is 0 Å². The van der Waals surface area contributed by atoms with Crippen LogP contribution in [-0.2, 0) is 16.1 Å². The highest BCUT2D eigenvalue weighted by atomic mass is 16.5. The fraction of sp³-hybridized carbons (Fsp3) is 0.238. The molecule has 0 saturated heterocycles. The van der Waals surface area contributed by atoms with Gasteiger partial charge in [0.05, 0.1) is 5.92 Å². The normalized spacial score (nSPS) is 17.0. The van der Waals surface area contributed by atoms with Crippen LogP contribution in [0.15, 0.2) is 63.8 Å². The summed E-state index contributed by atoms with van der Waals surface area (Å²) in [7, 11) is 0. The van der Waals surface area contributed by atoms with Gasteiger partial charge in [-0.3, -0.25) is 4.79 Å². The van der Waals surface area contributed by atoms with Gasteiger partial charge in [0, 0.05) is 17.0 Å². The first kappa shape index (κ1) is 15.6. The minimum absolute atomic E-state index is 0.0785. The lowest BCUT2D eigenvalue weighted by Gasteiger charge is -2.17. The van der Waals surface area contributed by atoms with Gasteiger partial charge in [0.2, 0.25) is 0 Å². The number of hydrogen-bond donors (Lipinski definition) is 0. The van der Waals surface area contributed by atoms with Gasteiger partial charge in [-0.25, -0.2) is 4.79 Å². The zero-order valence-electron chi connectivity index (χ0n) is 13.7. The summed E-state index contributed by atoms with van der Waals surface area (Å²) in [4.78, 5) is 24.2.